The third-order valence-electron chi connectivity index (χ3n) is 4.14. The van der Waals surface area contributed by atoms with Crippen molar-refractivity contribution in [2.24, 2.45) is 0 Å². The highest BCUT2D eigenvalue weighted by Gasteiger charge is 2.12. The second-order valence-corrected chi connectivity index (χ2v) is 8.74. The molecule has 0 aliphatic rings. The minimum atomic E-state index is -0.403. The molecule has 0 bridgehead atoms. The number of aromatic nitrogens is 2. The first kappa shape index (κ1) is 23.4. The van der Waals surface area contributed by atoms with E-state index in [-0.39, 0.29) is 17.6 Å². The number of hydrogen-bond donors (Lipinski definition) is 2. The molecule has 1 aromatic heterocycles. The second-order valence-electron chi connectivity index (χ2n) is 6.54. The molecule has 0 saturated heterocycles. The summed E-state index contributed by atoms with van der Waals surface area (Å²) in [5.41, 5.74) is 2.09. The van der Waals surface area contributed by atoms with Crippen LogP contribution in [0.15, 0.2) is 58.9 Å². The summed E-state index contributed by atoms with van der Waals surface area (Å²) in [5, 5.41) is 13.9. The van der Waals surface area contributed by atoms with Crippen LogP contribution in [0.3, 0.4) is 0 Å². The van der Waals surface area contributed by atoms with Crippen LogP contribution in [0.4, 0.5) is 10.8 Å². The van der Waals surface area contributed by atoms with E-state index in [4.69, 9.17) is 4.74 Å². The summed E-state index contributed by atoms with van der Waals surface area (Å²) < 4.78 is 5.51. The Morgan fingerprint density at radius 1 is 0.969 bits per heavy atom. The highest BCUT2D eigenvalue weighted by Crippen LogP contribution is 2.25. The zero-order chi connectivity index (χ0) is 22.8. The predicted octanol–water partition coefficient (Wildman–Crippen LogP) is 4.02. The third-order valence-corrected chi connectivity index (χ3v) is 6.11. The number of nitrogens with one attached hydrogen (secondary N) is 2. The SMILES string of the molecule is CCOC(=O)c1ccc(NC(=O)CSc2nnc(NC(=O)CCc3ccccc3)s2)cc1. The zero-order valence-electron chi connectivity index (χ0n) is 17.4. The van der Waals surface area contributed by atoms with Gasteiger partial charge in [0.05, 0.1) is 17.9 Å². The van der Waals surface area contributed by atoms with Crippen molar-refractivity contribution in [2.45, 2.75) is 24.1 Å². The van der Waals surface area contributed by atoms with Gasteiger partial charge in [-0.3, -0.25) is 9.59 Å². The van der Waals surface area contributed by atoms with Crippen molar-refractivity contribution in [1.29, 1.82) is 0 Å². The van der Waals surface area contributed by atoms with Crippen LogP contribution in [0.25, 0.3) is 0 Å². The molecule has 3 rings (SSSR count). The summed E-state index contributed by atoms with van der Waals surface area (Å²) in [6.07, 6.45) is 0.997. The molecule has 32 heavy (non-hydrogen) atoms. The Hall–Kier alpha value is -3.24. The van der Waals surface area contributed by atoms with Gasteiger partial charge in [0, 0.05) is 12.1 Å². The van der Waals surface area contributed by atoms with Crippen molar-refractivity contribution in [2.75, 3.05) is 23.0 Å². The number of hydrogen-bond acceptors (Lipinski definition) is 8. The van der Waals surface area contributed by atoms with E-state index in [9.17, 15) is 14.4 Å². The topological polar surface area (TPSA) is 110 Å². The van der Waals surface area contributed by atoms with Crippen LogP contribution in [0.5, 0.6) is 0 Å². The maximum absolute atomic E-state index is 12.2. The average Bonchev–Trinajstić information content (AvgIpc) is 3.25. The number of carbonyl (C=O) groups excluding carboxylic acids is 3. The smallest absolute Gasteiger partial charge is 0.338 e. The number of carbonyl (C=O) groups is 3. The molecule has 2 N–H and O–H groups in total. The lowest BCUT2D eigenvalue weighted by Crippen LogP contribution is -2.14. The van der Waals surface area contributed by atoms with Crippen molar-refractivity contribution in [3.05, 3.63) is 65.7 Å². The molecule has 2 amide bonds. The number of thioether (sulfide) groups is 1. The summed E-state index contributed by atoms with van der Waals surface area (Å²) in [4.78, 5) is 35.9. The standard InChI is InChI=1S/C22H22N4O4S2/c1-2-30-20(29)16-9-11-17(12-10-16)23-19(28)14-31-22-26-25-21(32-22)24-18(27)13-8-15-6-4-3-5-7-15/h3-7,9-12H,2,8,13-14H2,1H3,(H,23,28)(H,24,25,27). The molecule has 2 aromatic carbocycles. The van der Waals surface area contributed by atoms with Crippen LogP contribution in [0, 0.1) is 0 Å². The monoisotopic (exact) mass is 470 g/mol. The number of esters is 1. The van der Waals surface area contributed by atoms with Crippen molar-refractivity contribution in [1.82, 2.24) is 10.2 Å². The van der Waals surface area contributed by atoms with Crippen LogP contribution in [0.2, 0.25) is 0 Å². The van der Waals surface area contributed by atoms with E-state index >= 15 is 0 Å². The van der Waals surface area contributed by atoms with Crippen molar-refractivity contribution in [3.63, 3.8) is 0 Å². The Morgan fingerprint density at radius 3 is 2.44 bits per heavy atom. The Labute approximate surface area is 193 Å². The van der Waals surface area contributed by atoms with Crippen LogP contribution >= 0.6 is 23.1 Å². The molecular formula is C22H22N4O4S2. The van der Waals surface area contributed by atoms with Crippen molar-refractivity contribution >= 4 is 51.7 Å². The lowest BCUT2D eigenvalue weighted by atomic mass is 10.1. The maximum Gasteiger partial charge on any atom is 0.338 e. The minimum absolute atomic E-state index is 0.134. The minimum Gasteiger partial charge on any atom is -0.462 e. The van der Waals surface area contributed by atoms with Gasteiger partial charge in [0.1, 0.15) is 0 Å². The number of aryl methyl sites for hydroxylation is 1. The number of rotatable bonds is 10. The van der Waals surface area contributed by atoms with Crippen molar-refractivity contribution in [3.8, 4) is 0 Å². The van der Waals surface area contributed by atoms with Gasteiger partial charge in [-0.15, -0.1) is 10.2 Å². The van der Waals surface area contributed by atoms with Crippen LogP contribution in [-0.2, 0) is 20.7 Å². The number of anilines is 2. The molecule has 0 aliphatic heterocycles. The zero-order valence-corrected chi connectivity index (χ0v) is 19.0. The second kappa shape index (κ2) is 12.0. The third kappa shape index (κ3) is 7.47. The normalized spacial score (nSPS) is 10.4. The van der Waals surface area contributed by atoms with E-state index in [1.54, 1.807) is 31.2 Å². The van der Waals surface area contributed by atoms with Gasteiger partial charge in [0.15, 0.2) is 4.34 Å². The van der Waals surface area contributed by atoms with E-state index in [1.807, 2.05) is 30.3 Å². The quantitative estimate of drug-likeness (QED) is 0.262. The molecule has 0 aliphatic carbocycles. The summed E-state index contributed by atoms with van der Waals surface area (Å²) in [5.74, 6) is -0.621. The van der Waals surface area contributed by atoms with Gasteiger partial charge in [-0.25, -0.2) is 4.79 Å². The number of amides is 2. The molecule has 166 valence electrons. The summed E-state index contributed by atoms with van der Waals surface area (Å²) in [7, 11) is 0. The van der Waals surface area contributed by atoms with Crippen LogP contribution in [-0.4, -0.2) is 40.3 Å². The van der Waals surface area contributed by atoms with Gasteiger partial charge in [-0.1, -0.05) is 53.4 Å². The highest BCUT2D eigenvalue weighted by atomic mass is 32.2. The van der Waals surface area contributed by atoms with Gasteiger partial charge in [0.2, 0.25) is 16.9 Å². The predicted molar refractivity (Wildman–Crippen MR) is 125 cm³/mol. The van der Waals surface area contributed by atoms with E-state index < -0.39 is 5.97 Å². The molecule has 0 atom stereocenters. The number of benzene rings is 2. The molecular weight excluding hydrogens is 448 g/mol. The first-order valence-corrected chi connectivity index (χ1v) is 11.7. The number of ether oxygens (including phenoxy) is 1. The fourth-order valence-electron chi connectivity index (χ4n) is 2.63. The van der Waals surface area contributed by atoms with Gasteiger partial charge in [0.25, 0.3) is 0 Å². The summed E-state index contributed by atoms with van der Waals surface area (Å²) in [6, 6.07) is 16.3. The molecule has 10 heteroatoms. The lowest BCUT2D eigenvalue weighted by Gasteiger charge is -2.06. The highest BCUT2D eigenvalue weighted by molar-refractivity contribution is 8.01. The van der Waals surface area contributed by atoms with Crippen LogP contribution < -0.4 is 10.6 Å². The Bertz CT molecular complexity index is 1060. The van der Waals surface area contributed by atoms with Gasteiger partial charge >= 0.3 is 5.97 Å². The fourth-order valence-corrected chi connectivity index (χ4v) is 4.20. The van der Waals surface area contributed by atoms with Crippen LogP contribution in [0.1, 0.15) is 29.3 Å². The first-order valence-electron chi connectivity index (χ1n) is 9.90. The maximum atomic E-state index is 12.2. The lowest BCUT2D eigenvalue weighted by molar-refractivity contribution is -0.116. The fraction of sp³-hybridized carbons (Fsp3) is 0.227. The molecule has 0 unspecified atom stereocenters. The molecule has 0 spiro atoms. The van der Waals surface area contributed by atoms with Crippen molar-refractivity contribution < 1.29 is 19.1 Å². The Balaban J connectivity index is 1.41. The summed E-state index contributed by atoms with van der Waals surface area (Å²) in [6.45, 7) is 2.05. The molecule has 0 fully saturated rings. The largest absolute Gasteiger partial charge is 0.462 e. The van der Waals surface area contributed by atoms with E-state index in [0.717, 1.165) is 5.56 Å². The van der Waals surface area contributed by atoms with Gasteiger partial charge < -0.3 is 15.4 Å². The van der Waals surface area contributed by atoms with E-state index in [1.165, 1.54) is 23.1 Å². The summed E-state index contributed by atoms with van der Waals surface area (Å²) >= 11 is 2.45. The van der Waals surface area contributed by atoms with E-state index in [2.05, 4.69) is 20.8 Å². The van der Waals surface area contributed by atoms with Gasteiger partial charge in [-0.2, -0.15) is 0 Å². The Morgan fingerprint density at radius 2 is 1.72 bits per heavy atom. The molecule has 1 heterocycles. The van der Waals surface area contributed by atoms with Gasteiger partial charge in [-0.05, 0) is 43.2 Å². The average molecular weight is 471 g/mol. The molecule has 8 nitrogen and oxygen atoms in total. The molecule has 0 saturated carbocycles. The molecule has 0 radical (unpaired) electrons. The Kier molecular flexibility index (Phi) is 8.76. The number of nitrogens with zero attached hydrogens (tertiary/aromatic N) is 2. The van der Waals surface area contributed by atoms with E-state index in [0.29, 0.717) is 40.2 Å². The molecule has 3 aromatic rings. The first-order chi connectivity index (χ1) is 15.5.